The first-order valence-electron chi connectivity index (χ1n) is 5.44. The van der Waals surface area contributed by atoms with Crippen LogP contribution in [0, 0.1) is 0 Å². The molecule has 1 saturated heterocycles. The molecule has 0 aliphatic carbocycles. The second kappa shape index (κ2) is 4.97. The van der Waals surface area contributed by atoms with E-state index in [0.29, 0.717) is 18.0 Å². The van der Waals surface area contributed by atoms with Gasteiger partial charge in [0, 0.05) is 24.0 Å². The Bertz CT molecular complexity index is 502. The van der Waals surface area contributed by atoms with Crippen LogP contribution in [-0.4, -0.2) is 38.1 Å². The lowest BCUT2D eigenvalue weighted by Gasteiger charge is -2.16. The van der Waals surface area contributed by atoms with Gasteiger partial charge in [-0.15, -0.1) is 11.8 Å². The van der Waals surface area contributed by atoms with E-state index in [2.05, 4.69) is 0 Å². The molecule has 0 aromatic heterocycles. The van der Waals surface area contributed by atoms with E-state index in [9.17, 15) is 8.42 Å². The van der Waals surface area contributed by atoms with Gasteiger partial charge < -0.3 is 5.73 Å². The molecule has 1 aromatic rings. The van der Waals surface area contributed by atoms with Gasteiger partial charge in [-0.1, -0.05) is 6.07 Å². The number of thioether (sulfide) groups is 1. The fraction of sp³-hybridized carbons (Fsp3) is 0.455. The maximum atomic E-state index is 12.3. The molecule has 2 rings (SSSR count). The summed E-state index contributed by atoms with van der Waals surface area (Å²) in [6, 6.07) is 6.99. The molecule has 4 nitrogen and oxygen atoms in total. The zero-order valence-electron chi connectivity index (χ0n) is 9.67. The molecule has 0 bridgehead atoms. The van der Waals surface area contributed by atoms with Crippen LogP contribution in [0.4, 0.5) is 0 Å². The second-order valence-corrected chi connectivity index (χ2v) is 6.91. The fourth-order valence-electron chi connectivity index (χ4n) is 1.88. The third kappa shape index (κ3) is 2.65. The molecule has 1 heterocycles. The smallest absolute Gasteiger partial charge is 0.243 e. The van der Waals surface area contributed by atoms with Crippen LogP contribution >= 0.6 is 11.8 Å². The average Bonchev–Trinajstić information content (AvgIpc) is 2.76. The van der Waals surface area contributed by atoms with Crippen molar-refractivity contribution in [2.24, 2.45) is 5.73 Å². The van der Waals surface area contributed by atoms with Crippen LogP contribution in [0.15, 0.2) is 34.1 Å². The summed E-state index contributed by atoms with van der Waals surface area (Å²) in [6.45, 7) is 0.943. The predicted molar refractivity (Wildman–Crippen MR) is 69.6 cm³/mol. The van der Waals surface area contributed by atoms with E-state index in [1.165, 1.54) is 16.1 Å². The molecule has 0 saturated carbocycles. The molecule has 0 spiro atoms. The quantitative estimate of drug-likeness (QED) is 0.838. The van der Waals surface area contributed by atoms with Crippen molar-refractivity contribution in [2.75, 3.05) is 19.3 Å². The van der Waals surface area contributed by atoms with Gasteiger partial charge >= 0.3 is 0 Å². The van der Waals surface area contributed by atoms with Crippen LogP contribution in [0.5, 0.6) is 0 Å². The minimum absolute atomic E-state index is 0.0338. The largest absolute Gasteiger partial charge is 0.326 e. The zero-order chi connectivity index (χ0) is 12.5. The van der Waals surface area contributed by atoms with E-state index < -0.39 is 10.0 Å². The number of rotatable bonds is 3. The van der Waals surface area contributed by atoms with E-state index in [-0.39, 0.29) is 6.04 Å². The van der Waals surface area contributed by atoms with Crippen molar-refractivity contribution in [1.29, 1.82) is 0 Å². The number of nitrogens with two attached hydrogens (primary N) is 1. The molecule has 0 unspecified atom stereocenters. The normalized spacial score (nSPS) is 21.9. The summed E-state index contributed by atoms with van der Waals surface area (Å²) in [5, 5.41) is 0. The number of hydrogen-bond acceptors (Lipinski definition) is 4. The molecular weight excluding hydrogens is 256 g/mol. The van der Waals surface area contributed by atoms with Crippen molar-refractivity contribution in [3.05, 3.63) is 24.3 Å². The van der Waals surface area contributed by atoms with Crippen LogP contribution in [0.3, 0.4) is 0 Å². The Morgan fingerprint density at radius 3 is 2.82 bits per heavy atom. The van der Waals surface area contributed by atoms with Crippen molar-refractivity contribution in [3.8, 4) is 0 Å². The highest BCUT2D eigenvalue weighted by Gasteiger charge is 2.30. The first-order valence-corrected chi connectivity index (χ1v) is 8.10. The lowest BCUT2D eigenvalue weighted by atomic mass is 10.3. The predicted octanol–water partition coefficient (Wildman–Crippen LogP) is 1.13. The Labute approximate surface area is 106 Å². The van der Waals surface area contributed by atoms with Gasteiger partial charge in [0.25, 0.3) is 0 Å². The molecule has 0 amide bonds. The number of nitrogens with zero attached hydrogens (tertiary/aromatic N) is 1. The highest BCUT2D eigenvalue weighted by molar-refractivity contribution is 7.98. The topological polar surface area (TPSA) is 63.4 Å². The third-order valence-electron chi connectivity index (χ3n) is 2.87. The first kappa shape index (κ1) is 12.9. The lowest BCUT2D eigenvalue weighted by molar-refractivity contribution is 0.472. The molecule has 17 heavy (non-hydrogen) atoms. The summed E-state index contributed by atoms with van der Waals surface area (Å²) in [6.07, 6.45) is 2.67. The Hall–Kier alpha value is -0.560. The molecule has 0 radical (unpaired) electrons. The second-order valence-electron chi connectivity index (χ2n) is 4.09. The standard InChI is InChI=1S/C11H16N2O2S2/c1-16-10-3-2-4-11(7-10)17(14,15)13-6-5-9(12)8-13/h2-4,7,9H,5-6,8,12H2,1H3/t9-/m0/s1. The third-order valence-corrected chi connectivity index (χ3v) is 5.45. The molecule has 6 heteroatoms. The van der Waals surface area contributed by atoms with Gasteiger partial charge in [-0.05, 0) is 30.9 Å². The molecule has 1 aliphatic heterocycles. The van der Waals surface area contributed by atoms with Crippen LogP contribution in [0.2, 0.25) is 0 Å². The Kier molecular flexibility index (Phi) is 3.77. The minimum Gasteiger partial charge on any atom is -0.326 e. The van der Waals surface area contributed by atoms with Crippen molar-refractivity contribution < 1.29 is 8.42 Å². The molecule has 1 atom stereocenters. The molecule has 1 aliphatic rings. The molecule has 94 valence electrons. The maximum Gasteiger partial charge on any atom is 0.243 e. The summed E-state index contributed by atoms with van der Waals surface area (Å²) in [7, 11) is -3.36. The Balaban J connectivity index is 2.31. The summed E-state index contributed by atoms with van der Waals surface area (Å²) in [5.41, 5.74) is 5.75. The highest BCUT2D eigenvalue weighted by Crippen LogP contribution is 2.24. The number of hydrogen-bond donors (Lipinski definition) is 1. The molecular formula is C11H16N2O2S2. The summed E-state index contributed by atoms with van der Waals surface area (Å²) in [4.78, 5) is 1.31. The zero-order valence-corrected chi connectivity index (χ0v) is 11.3. The number of sulfonamides is 1. The lowest BCUT2D eigenvalue weighted by Crippen LogP contribution is -2.31. The van der Waals surface area contributed by atoms with Gasteiger partial charge in [0.15, 0.2) is 0 Å². The summed E-state index contributed by atoms with van der Waals surface area (Å²) >= 11 is 1.53. The Morgan fingerprint density at radius 2 is 2.24 bits per heavy atom. The maximum absolute atomic E-state index is 12.3. The fourth-order valence-corrected chi connectivity index (χ4v) is 3.98. The van der Waals surface area contributed by atoms with Gasteiger partial charge in [0.05, 0.1) is 4.90 Å². The Morgan fingerprint density at radius 1 is 1.47 bits per heavy atom. The van der Waals surface area contributed by atoms with Gasteiger partial charge in [-0.3, -0.25) is 0 Å². The monoisotopic (exact) mass is 272 g/mol. The van der Waals surface area contributed by atoms with Crippen LogP contribution in [0.25, 0.3) is 0 Å². The van der Waals surface area contributed by atoms with Crippen molar-refractivity contribution >= 4 is 21.8 Å². The van der Waals surface area contributed by atoms with E-state index in [1.807, 2.05) is 12.3 Å². The van der Waals surface area contributed by atoms with E-state index in [1.54, 1.807) is 18.2 Å². The van der Waals surface area contributed by atoms with E-state index >= 15 is 0 Å². The number of benzene rings is 1. The van der Waals surface area contributed by atoms with Crippen molar-refractivity contribution in [1.82, 2.24) is 4.31 Å². The molecule has 1 aromatic carbocycles. The van der Waals surface area contributed by atoms with E-state index in [0.717, 1.165) is 11.3 Å². The SMILES string of the molecule is CSc1cccc(S(=O)(=O)N2CC[C@H](N)C2)c1. The first-order chi connectivity index (χ1) is 8.04. The van der Waals surface area contributed by atoms with Gasteiger partial charge in [-0.2, -0.15) is 4.31 Å². The highest BCUT2D eigenvalue weighted by atomic mass is 32.2. The van der Waals surface area contributed by atoms with Gasteiger partial charge in [0.2, 0.25) is 10.0 Å². The average molecular weight is 272 g/mol. The van der Waals surface area contributed by atoms with Crippen molar-refractivity contribution in [2.45, 2.75) is 22.3 Å². The van der Waals surface area contributed by atoms with E-state index in [4.69, 9.17) is 5.73 Å². The van der Waals surface area contributed by atoms with Gasteiger partial charge in [-0.25, -0.2) is 8.42 Å². The van der Waals surface area contributed by atoms with Crippen LogP contribution in [-0.2, 0) is 10.0 Å². The minimum atomic E-state index is -3.36. The van der Waals surface area contributed by atoms with Crippen LogP contribution in [0.1, 0.15) is 6.42 Å². The summed E-state index contributed by atoms with van der Waals surface area (Å²) < 4.78 is 26.1. The van der Waals surface area contributed by atoms with Crippen LogP contribution < -0.4 is 5.73 Å². The molecule has 2 N–H and O–H groups in total. The summed E-state index contributed by atoms with van der Waals surface area (Å²) in [5.74, 6) is 0. The molecule has 1 fully saturated rings. The van der Waals surface area contributed by atoms with Gasteiger partial charge in [0.1, 0.15) is 0 Å². The van der Waals surface area contributed by atoms with Crippen molar-refractivity contribution in [3.63, 3.8) is 0 Å².